The van der Waals surface area contributed by atoms with Crippen LogP contribution in [-0.4, -0.2) is 36.3 Å². The summed E-state index contributed by atoms with van der Waals surface area (Å²) in [6.45, 7) is 3.88. The summed E-state index contributed by atoms with van der Waals surface area (Å²) in [5.74, 6) is 0.133. The Hall–Kier alpha value is -2.65. The number of carbonyl (C=O) groups is 1. The summed E-state index contributed by atoms with van der Waals surface area (Å²) in [6, 6.07) is 23.2. The van der Waals surface area contributed by atoms with Gasteiger partial charge in [-0.05, 0) is 41.9 Å². The van der Waals surface area contributed by atoms with E-state index in [0.29, 0.717) is 13.1 Å². The van der Waals surface area contributed by atoms with Crippen LogP contribution in [-0.2, 0) is 17.9 Å². The van der Waals surface area contributed by atoms with Gasteiger partial charge in [-0.15, -0.1) is 0 Å². The van der Waals surface area contributed by atoms with Crippen molar-refractivity contribution >= 4 is 16.7 Å². The highest BCUT2D eigenvalue weighted by Crippen LogP contribution is 2.16. The lowest BCUT2D eigenvalue weighted by Crippen LogP contribution is -2.36. The summed E-state index contributed by atoms with van der Waals surface area (Å²) in [5, 5.41) is 2.48. The summed E-state index contributed by atoms with van der Waals surface area (Å²) in [7, 11) is 3.86. The number of carbonyl (C=O) groups excluding carboxylic acids is 1. The minimum Gasteiger partial charge on any atom is -0.340 e. The van der Waals surface area contributed by atoms with E-state index in [1.807, 2.05) is 14.1 Å². The van der Waals surface area contributed by atoms with Gasteiger partial charge in [0.25, 0.3) is 0 Å². The zero-order chi connectivity index (χ0) is 18.5. The molecule has 3 aromatic carbocycles. The van der Waals surface area contributed by atoms with Crippen molar-refractivity contribution in [3.05, 3.63) is 83.4 Å². The third-order valence-corrected chi connectivity index (χ3v) is 4.64. The Bertz CT molecular complexity index is 886. The molecule has 0 N–H and O–H groups in total. The molecule has 3 heteroatoms. The average molecular weight is 346 g/mol. The molecule has 0 spiro atoms. The van der Waals surface area contributed by atoms with Gasteiger partial charge in [-0.2, -0.15) is 0 Å². The first-order valence-electron chi connectivity index (χ1n) is 8.97. The Morgan fingerprint density at radius 3 is 2.19 bits per heavy atom. The van der Waals surface area contributed by atoms with Crippen LogP contribution in [0, 0.1) is 6.92 Å². The van der Waals surface area contributed by atoms with Crippen molar-refractivity contribution in [1.29, 1.82) is 0 Å². The monoisotopic (exact) mass is 346 g/mol. The van der Waals surface area contributed by atoms with Crippen LogP contribution in [0.3, 0.4) is 0 Å². The minimum absolute atomic E-state index is 0.133. The second kappa shape index (κ2) is 8.15. The first-order chi connectivity index (χ1) is 12.5. The predicted octanol–water partition coefficient (Wildman–Crippen LogP) is 4.24. The minimum atomic E-state index is 0.133. The van der Waals surface area contributed by atoms with Gasteiger partial charge in [0.15, 0.2) is 0 Å². The smallest absolute Gasteiger partial charge is 0.236 e. The molecule has 3 nitrogen and oxygen atoms in total. The molecule has 0 saturated carbocycles. The van der Waals surface area contributed by atoms with Crippen molar-refractivity contribution in [3.63, 3.8) is 0 Å². The molecule has 1 amide bonds. The predicted molar refractivity (Wildman–Crippen MR) is 108 cm³/mol. The second-order valence-electron chi connectivity index (χ2n) is 7.09. The molecule has 0 radical (unpaired) electrons. The largest absolute Gasteiger partial charge is 0.340 e. The van der Waals surface area contributed by atoms with Gasteiger partial charge in [0.2, 0.25) is 5.91 Å². The van der Waals surface area contributed by atoms with E-state index >= 15 is 0 Å². The Morgan fingerprint density at radius 2 is 1.46 bits per heavy atom. The molecule has 0 aromatic heterocycles. The maximum absolute atomic E-state index is 12.5. The van der Waals surface area contributed by atoms with E-state index in [0.717, 1.165) is 12.1 Å². The summed E-state index contributed by atoms with van der Waals surface area (Å²) in [6.07, 6.45) is 0. The molecule has 0 fully saturated rings. The molecule has 0 aliphatic heterocycles. The Morgan fingerprint density at radius 1 is 0.808 bits per heavy atom. The van der Waals surface area contributed by atoms with Crippen molar-refractivity contribution in [1.82, 2.24) is 9.80 Å². The zero-order valence-corrected chi connectivity index (χ0v) is 15.8. The summed E-state index contributed by atoms with van der Waals surface area (Å²) < 4.78 is 0. The molecular weight excluding hydrogens is 320 g/mol. The van der Waals surface area contributed by atoms with Gasteiger partial charge in [0.05, 0.1) is 6.54 Å². The number of rotatable bonds is 6. The van der Waals surface area contributed by atoms with Crippen LogP contribution in [0.4, 0.5) is 0 Å². The number of hydrogen-bond acceptors (Lipinski definition) is 2. The fraction of sp³-hybridized carbons (Fsp3) is 0.261. The van der Waals surface area contributed by atoms with Gasteiger partial charge in [0.1, 0.15) is 0 Å². The molecule has 3 aromatic rings. The molecule has 0 unspecified atom stereocenters. The lowest BCUT2D eigenvalue weighted by atomic mass is 10.1. The SMILES string of the molecule is Cc1ccc(CN(C)C(=O)CN(C)Cc2ccc3ccccc3c2)cc1. The molecule has 3 rings (SSSR count). The topological polar surface area (TPSA) is 23.6 Å². The van der Waals surface area contributed by atoms with Gasteiger partial charge in [-0.3, -0.25) is 9.69 Å². The van der Waals surface area contributed by atoms with Crippen molar-refractivity contribution in [2.24, 2.45) is 0 Å². The third kappa shape index (κ3) is 4.70. The Kier molecular flexibility index (Phi) is 5.69. The number of fused-ring (bicyclic) bond motifs is 1. The van der Waals surface area contributed by atoms with E-state index in [2.05, 4.69) is 78.6 Å². The van der Waals surface area contributed by atoms with Gasteiger partial charge in [-0.25, -0.2) is 0 Å². The highest BCUT2D eigenvalue weighted by molar-refractivity contribution is 5.83. The molecule has 0 aliphatic carbocycles. The average Bonchev–Trinajstić information content (AvgIpc) is 2.63. The molecule has 0 atom stereocenters. The van der Waals surface area contributed by atoms with Crippen LogP contribution < -0.4 is 0 Å². The summed E-state index contributed by atoms with van der Waals surface area (Å²) in [5.41, 5.74) is 3.61. The lowest BCUT2D eigenvalue weighted by molar-refractivity contribution is -0.131. The number of nitrogens with zero attached hydrogens (tertiary/aromatic N) is 2. The van der Waals surface area contributed by atoms with Crippen LogP contribution in [0.15, 0.2) is 66.7 Å². The fourth-order valence-electron chi connectivity index (χ4n) is 3.11. The standard InChI is InChI=1S/C23H26N2O/c1-18-8-10-19(11-9-18)16-25(3)23(26)17-24(2)15-20-12-13-21-6-4-5-7-22(21)14-20/h4-14H,15-17H2,1-3H3. The molecule has 0 bridgehead atoms. The Labute approximate surface area is 155 Å². The normalized spacial score (nSPS) is 11.1. The van der Waals surface area contributed by atoms with E-state index < -0.39 is 0 Å². The number of likely N-dealkylation sites (N-methyl/N-ethyl adjacent to an activating group) is 2. The lowest BCUT2D eigenvalue weighted by Gasteiger charge is -2.22. The number of aryl methyl sites for hydroxylation is 1. The highest BCUT2D eigenvalue weighted by atomic mass is 16.2. The molecular formula is C23H26N2O. The van der Waals surface area contributed by atoms with Crippen molar-refractivity contribution in [2.75, 3.05) is 20.6 Å². The van der Waals surface area contributed by atoms with E-state index in [1.165, 1.54) is 21.9 Å². The molecule has 0 saturated heterocycles. The zero-order valence-electron chi connectivity index (χ0n) is 15.8. The molecule has 0 heterocycles. The fourth-order valence-corrected chi connectivity index (χ4v) is 3.11. The summed E-state index contributed by atoms with van der Waals surface area (Å²) >= 11 is 0. The van der Waals surface area contributed by atoms with Crippen LogP contribution in [0.5, 0.6) is 0 Å². The molecule has 0 aliphatic rings. The number of benzene rings is 3. The third-order valence-electron chi connectivity index (χ3n) is 4.64. The first kappa shape index (κ1) is 18.2. The van der Waals surface area contributed by atoms with Crippen LogP contribution >= 0.6 is 0 Å². The quantitative estimate of drug-likeness (QED) is 0.666. The highest BCUT2D eigenvalue weighted by Gasteiger charge is 2.12. The second-order valence-corrected chi connectivity index (χ2v) is 7.09. The Balaban J connectivity index is 1.56. The van der Waals surface area contributed by atoms with E-state index in [4.69, 9.17) is 0 Å². The van der Waals surface area contributed by atoms with Gasteiger partial charge >= 0.3 is 0 Å². The number of amides is 1. The van der Waals surface area contributed by atoms with Crippen molar-refractivity contribution in [2.45, 2.75) is 20.0 Å². The maximum Gasteiger partial charge on any atom is 0.236 e. The summed E-state index contributed by atoms with van der Waals surface area (Å²) in [4.78, 5) is 16.4. The van der Waals surface area contributed by atoms with Crippen molar-refractivity contribution in [3.8, 4) is 0 Å². The first-order valence-corrected chi connectivity index (χ1v) is 8.97. The van der Waals surface area contributed by atoms with Crippen LogP contribution in [0.25, 0.3) is 10.8 Å². The van der Waals surface area contributed by atoms with E-state index in [1.54, 1.807) is 4.90 Å². The van der Waals surface area contributed by atoms with Gasteiger partial charge in [-0.1, -0.05) is 66.2 Å². The molecule has 134 valence electrons. The van der Waals surface area contributed by atoms with Crippen molar-refractivity contribution < 1.29 is 4.79 Å². The van der Waals surface area contributed by atoms with E-state index in [9.17, 15) is 4.79 Å². The molecule has 26 heavy (non-hydrogen) atoms. The van der Waals surface area contributed by atoms with Crippen LogP contribution in [0.2, 0.25) is 0 Å². The van der Waals surface area contributed by atoms with E-state index in [-0.39, 0.29) is 5.91 Å². The van der Waals surface area contributed by atoms with Gasteiger partial charge in [0, 0.05) is 20.1 Å². The van der Waals surface area contributed by atoms with Crippen LogP contribution in [0.1, 0.15) is 16.7 Å². The van der Waals surface area contributed by atoms with Gasteiger partial charge < -0.3 is 4.90 Å². The number of hydrogen-bond donors (Lipinski definition) is 0. The maximum atomic E-state index is 12.5.